The number of rotatable bonds is 14. The number of halogens is 8. The fraction of sp³-hybridized carbons (Fsp3) is 0.0909. The fourth-order valence-corrected chi connectivity index (χ4v) is 8.75. The first-order valence-corrected chi connectivity index (χ1v) is 20.3. The number of ketones is 4. The highest BCUT2D eigenvalue weighted by Gasteiger charge is 2.36. The molecule has 0 aromatic heterocycles. The normalized spacial score (nSPS) is 10.9. The Bertz CT molecular complexity index is 2540. The SMILES string of the molecule is COc1c(Oc2cc(C(=O)c3c(Cl)cccc3Cl)c(OC)c(C(=O)c3c(Cl)cccc3Cl)c2OC)cc(C(=O)c2c(Cl)cccc2Cl)c(OC)c1C(=O)c1c(Cl)cccc1Cl. The first-order chi connectivity index (χ1) is 29.1. The van der Waals surface area contributed by atoms with E-state index in [1.165, 1.54) is 113 Å². The number of carbonyl (C=O) groups is 4. The van der Waals surface area contributed by atoms with Crippen LogP contribution in [0.1, 0.15) is 63.7 Å². The van der Waals surface area contributed by atoms with Crippen molar-refractivity contribution in [2.24, 2.45) is 0 Å². The van der Waals surface area contributed by atoms with E-state index in [9.17, 15) is 19.2 Å². The van der Waals surface area contributed by atoms with Gasteiger partial charge in [-0.15, -0.1) is 0 Å². The summed E-state index contributed by atoms with van der Waals surface area (Å²) in [5.41, 5.74) is -2.01. The van der Waals surface area contributed by atoms with Crippen molar-refractivity contribution in [1.29, 1.82) is 0 Å². The van der Waals surface area contributed by atoms with Crippen molar-refractivity contribution in [1.82, 2.24) is 0 Å². The average Bonchev–Trinajstić information content (AvgIpc) is 3.22. The van der Waals surface area contributed by atoms with Gasteiger partial charge in [-0.2, -0.15) is 0 Å². The van der Waals surface area contributed by atoms with Crippen LogP contribution in [0, 0.1) is 0 Å². The summed E-state index contributed by atoms with van der Waals surface area (Å²) in [6.45, 7) is 0. The first-order valence-electron chi connectivity index (χ1n) is 17.3. The van der Waals surface area contributed by atoms with Crippen molar-refractivity contribution < 1.29 is 42.9 Å². The zero-order chi connectivity index (χ0) is 44.4. The highest BCUT2D eigenvalue weighted by molar-refractivity contribution is 6.44. The molecule has 0 N–H and O–H groups in total. The third kappa shape index (κ3) is 8.59. The lowest BCUT2D eigenvalue weighted by molar-refractivity contribution is 0.101. The standard InChI is InChI=1S/C44H26Cl8O9/c1-57-41-19(37(53)31-21(45)9-5-10-22(31)46)17-29(43(59-3)35(41)39(55)33-25(49)13-7-14-26(33)50)61-30-18-20(38(54)32-23(47)11-6-12-24(32)48)42(58-2)36(44(30)60-4)40(56)34-27(51)15-8-16-28(34)52/h5-18H,1-4H3. The van der Waals surface area contributed by atoms with Gasteiger partial charge in [0.1, 0.15) is 22.6 Å². The van der Waals surface area contributed by atoms with Crippen LogP contribution in [0.25, 0.3) is 0 Å². The predicted octanol–water partition coefficient (Wildman–Crippen LogP) is 13.7. The molecule has 0 saturated carbocycles. The summed E-state index contributed by atoms with van der Waals surface area (Å²) >= 11 is 52.2. The third-order valence-corrected chi connectivity index (χ3v) is 11.7. The van der Waals surface area contributed by atoms with Crippen molar-refractivity contribution in [3.63, 3.8) is 0 Å². The molecule has 312 valence electrons. The highest BCUT2D eigenvalue weighted by atomic mass is 35.5. The van der Waals surface area contributed by atoms with E-state index < -0.39 is 23.1 Å². The summed E-state index contributed by atoms with van der Waals surface area (Å²) in [6.07, 6.45) is 0. The minimum Gasteiger partial charge on any atom is -0.495 e. The molecule has 0 heterocycles. The van der Waals surface area contributed by atoms with E-state index in [2.05, 4.69) is 0 Å². The van der Waals surface area contributed by atoms with E-state index in [-0.39, 0.29) is 119 Å². The summed E-state index contributed by atoms with van der Waals surface area (Å²) in [5.74, 6) is -5.29. The van der Waals surface area contributed by atoms with E-state index in [4.69, 9.17) is 116 Å². The molecule has 17 heteroatoms. The number of methoxy groups -OCH3 is 4. The van der Waals surface area contributed by atoms with Gasteiger partial charge in [-0.3, -0.25) is 19.2 Å². The molecule has 6 aromatic rings. The minimum atomic E-state index is -0.857. The molecule has 6 aromatic carbocycles. The fourth-order valence-electron chi connectivity index (χ4n) is 6.47. The molecule has 0 fully saturated rings. The molecule has 9 nitrogen and oxygen atoms in total. The summed E-state index contributed by atoms with van der Waals surface area (Å²) in [5, 5.41) is -0.300. The lowest BCUT2D eigenvalue weighted by Crippen LogP contribution is -2.15. The zero-order valence-corrected chi connectivity index (χ0v) is 37.8. The third-order valence-electron chi connectivity index (χ3n) is 9.14. The van der Waals surface area contributed by atoms with Gasteiger partial charge in [0.2, 0.25) is 11.6 Å². The summed E-state index contributed by atoms with van der Waals surface area (Å²) in [4.78, 5) is 58.5. The number of benzene rings is 6. The number of carbonyl (C=O) groups excluding carboxylic acids is 4. The Labute approximate surface area is 388 Å². The molecule has 0 radical (unpaired) electrons. The Morgan fingerprint density at radius 1 is 0.344 bits per heavy atom. The maximum absolute atomic E-state index is 14.7. The van der Waals surface area contributed by atoms with Crippen LogP contribution in [-0.4, -0.2) is 51.6 Å². The van der Waals surface area contributed by atoms with Gasteiger partial charge in [0, 0.05) is 0 Å². The topological polar surface area (TPSA) is 114 Å². The monoisotopic (exact) mass is 978 g/mol. The molecule has 0 amide bonds. The van der Waals surface area contributed by atoms with Crippen LogP contribution in [0.2, 0.25) is 40.2 Å². The van der Waals surface area contributed by atoms with Crippen molar-refractivity contribution in [3.05, 3.63) is 170 Å². The van der Waals surface area contributed by atoms with Crippen LogP contribution in [0.15, 0.2) is 84.9 Å². The van der Waals surface area contributed by atoms with Gasteiger partial charge in [0.15, 0.2) is 34.6 Å². The maximum atomic E-state index is 14.7. The van der Waals surface area contributed by atoms with E-state index in [1.54, 1.807) is 0 Å². The van der Waals surface area contributed by atoms with Crippen molar-refractivity contribution in [2.75, 3.05) is 28.4 Å². The molecular formula is C44H26Cl8O9. The Hall–Kier alpha value is -4.68. The van der Waals surface area contributed by atoms with E-state index in [1.807, 2.05) is 0 Å². The van der Waals surface area contributed by atoms with Gasteiger partial charge in [-0.25, -0.2) is 0 Å². The van der Waals surface area contributed by atoms with Gasteiger partial charge in [-0.05, 0) is 60.7 Å². The Morgan fingerprint density at radius 2 is 0.574 bits per heavy atom. The quantitative estimate of drug-likeness (QED) is 0.0984. The Kier molecular flexibility index (Phi) is 14.4. The molecule has 0 atom stereocenters. The van der Waals surface area contributed by atoms with Gasteiger partial charge in [0.25, 0.3) is 0 Å². The lowest BCUT2D eigenvalue weighted by Gasteiger charge is -2.23. The predicted molar refractivity (Wildman–Crippen MR) is 239 cm³/mol. The van der Waals surface area contributed by atoms with Crippen molar-refractivity contribution in [2.45, 2.75) is 0 Å². The van der Waals surface area contributed by atoms with E-state index in [0.717, 1.165) is 0 Å². The molecular weight excluding hydrogens is 956 g/mol. The molecule has 0 aliphatic rings. The van der Waals surface area contributed by atoms with E-state index >= 15 is 0 Å². The largest absolute Gasteiger partial charge is 0.495 e. The van der Waals surface area contributed by atoms with Gasteiger partial charge in [-0.1, -0.05) is 117 Å². The molecule has 0 aliphatic carbocycles. The van der Waals surface area contributed by atoms with Crippen LogP contribution < -0.4 is 23.7 Å². The first kappa shape index (κ1) is 45.8. The number of ether oxygens (including phenoxy) is 5. The maximum Gasteiger partial charge on any atom is 0.203 e. The molecule has 0 bridgehead atoms. The van der Waals surface area contributed by atoms with Crippen LogP contribution in [-0.2, 0) is 0 Å². The molecule has 0 saturated heterocycles. The van der Waals surface area contributed by atoms with Crippen molar-refractivity contribution >= 4 is 116 Å². The second kappa shape index (κ2) is 19.2. The minimum absolute atomic E-state index is 0.0283. The van der Waals surface area contributed by atoms with Crippen LogP contribution in [0.4, 0.5) is 0 Å². The molecule has 0 aliphatic heterocycles. The summed E-state index contributed by atoms with van der Waals surface area (Å²) in [6, 6.07) is 20.0. The molecule has 0 spiro atoms. The summed E-state index contributed by atoms with van der Waals surface area (Å²) in [7, 11) is 4.86. The average molecular weight is 982 g/mol. The smallest absolute Gasteiger partial charge is 0.203 e. The molecule has 0 unspecified atom stereocenters. The van der Waals surface area contributed by atoms with Gasteiger partial charge in [0.05, 0.1) is 102 Å². The number of hydrogen-bond acceptors (Lipinski definition) is 9. The zero-order valence-electron chi connectivity index (χ0n) is 31.8. The Morgan fingerprint density at radius 3 is 0.803 bits per heavy atom. The molecule has 6 rings (SSSR count). The molecule has 61 heavy (non-hydrogen) atoms. The highest BCUT2D eigenvalue weighted by Crippen LogP contribution is 2.50. The second-order valence-electron chi connectivity index (χ2n) is 12.5. The number of hydrogen-bond donors (Lipinski definition) is 0. The van der Waals surface area contributed by atoms with Crippen LogP contribution >= 0.6 is 92.8 Å². The van der Waals surface area contributed by atoms with E-state index in [0.29, 0.717) is 0 Å². The lowest BCUT2D eigenvalue weighted by atomic mass is 9.93. The van der Waals surface area contributed by atoms with Gasteiger partial charge < -0.3 is 23.7 Å². The Balaban J connectivity index is 1.74. The summed E-state index contributed by atoms with van der Waals surface area (Å²) < 4.78 is 29.7. The van der Waals surface area contributed by atoms with Crippen molar-refractivity contribution in [3.8, 4) is 34.5 Å². The van der Waals surface area contributed by atoms with Crippen LogP contribution in [0.5, 0.6) is 34.5 Å². The van der Waals surface area contributed by atoms with Gasteiger partial charge >= 0.3 is 0 Å². The second-order valence-corrected chi connectivity index (χ2v) is 15.8. The van der Waals surface area contributed by atoms with Crippen LogP contribution in [0.3, 0.4) is 0 Å².